The molecule has 1 saturated carbocycles. The zero-order valence-corrected chi connectivity index (χ0v) is 11.8. The van der Waals surface area contributed by atoms with Crippen LogP contribution in [0.5, 0.6) is 0 Å². The molecule has 3 nitrogen and oxygen atoms in total. The fraction of sp³-hybridized carbons (Fsp3) is 0.667. The van der Waals surface area contributed by atoms with Crippen LogP contribution in [-0.2, 0) is 0 Å². The Labute approximate surface area is 111 Å². The molecule has 0 radical (unpaired) electrons. The molecule has 1 aliphatic rings. The van der Waals surface area contributed by atoms with E-state index in [4.69, 9.17) is 0 Å². The van der Waals surface area contributed by atoms with Crippen molar-refractivity contribution in [3.63, 3.8) is 0 Å². The van der Waals surface area contributed by atoms with Crippen LogP contribution < -0.4 is 10.2 Å². The van der Waals surface area contributed by atoms with Gasteiger partial charge in [0.25, 0.3) is 0 Å². The minimum atomic E-state index is 0.376. The maximum Gasteiger partial charge on any atom is 0.133 e. The summed E-state index contributed by atoms with van der Waals surface area (Å²) >= 11 is 0. The van der Waals surface area contributed by atoms with Crippen LogP contribution in [0, 0.1) is 0 Å². The molecule has 0 bridgehead atoms. The van der Waals surface area contributed by atoms with Crippen molar-refractivity contribution in [2.75, 3.05) is 18.0 Å². The van der Waals surface area contributed by atoms with Gasteiger partial charge in [0.05, 0.1) is 0 Å². The van der Waals surface area contributed by atoms with Crippen LogP contribution in [0.3, 0.4) is 0 Å². The summed E-state index contributed by atoms with van der Waals surface area (Å²) in [7, 11) is 0. The van der Waals surface area contributed by atoms with Gasteiger partial charge in [0, 0.05) is 30.4 Å². The molecule has 0 aliphatic heterocycles. The largest absolute Gasteiger partial charge is 0.354 e. The van der Waals surface area contributed by atoms with E-state index in [0.29, 0.717) is 6.04 Å². The number of pyridine rings is 1. The van der Waals surface area contributed by atoms with Crippen LogP contribution in [0.4, 0.5) is 5.82 Å². The highest BCUT2D eigenvalue weighted by Gasteiger charge is 2.30. The lowest BCUT2D eigenvalue weighted by molar-refractivity contribution is 0.567. The van der Waals surface area contributed by atoms with Gasteiger partial charge >= 0.3 is 0 Å². The van der Waals surface area contributed by atoms with Gasteiger partial charge in [-0.1, -0.05) is 13.0 Å². The van der Waals surface area contributed by atoms with E-state index in [1.165, 1.54) is 30.6 Å². The first-order valence-corrected chi connectivity index (χ1v) is 7.22. The molecule has 1 aromatic heterocycles. The molecule has 1 aliphatic carbocycles. The zero-order chi connectivity index (χ0) is 13.0. The lowest BCUT2D eigenvalue weighted by atomic mass is 10.1. The Morgan fingerprint density at radius 1 is 1.44 bits per heavy atom. The van der Waals surface area contributed by atoms with E-state index < -0.39 is 0 Å². The molecule has 1 unspecified atom stereocenters. The average molecular weight is 247 g/mol. The van der Waals surface area contributed by atoms with E-state index in [9.17, 15) is 0 Å². The Bertz CT molecular complexity index is 374. The standard InChI is InChI=1S/C15H25N3/c1-4-10-16-12(3)14-7-6-11-17-15(14)18(5-2)13-8-9-13/h6-7,11-13,16H,4-5,8-10H2,1-3H3. The van der Waals surface area contributed by atoms with E-state index in [2.05, 4.69) is 42.0 Å². The van der Waals surface area contributed by atoms with Crippen molar-refractivity contribution in [3.8, 4) is 0 Å². The van der Waals surface area contributed by atoms with Crippen molar-refractivity contribution < 1.29 is 0 Å². The first-order valence-electron chi connectivity index (χ1n) is 7.22. The lowest BCUT2D eigenvalue weighted by Gasteiger charge is -2.26. The van der Waals surface area contributed by atoms with Gasteiger partial charge in [-0.25, -0.2) is 4.98 Å². The molecule has 1 fully saturated rings. The van der Waals surface area contributed by atoms with Gasteiger partial charge in [-0.2, -0.15) is 0 Å². The van der Waals surface area contributed by atoms with Crippen molar-refractivity contribution >= 4 is 5.82 Å². The third-order valence-corrected chi connectivity index (χ3v) is 3.58. The maximum atomic E-state index is 4.63. The molecule has 100 valence electrons. The highest BCUT2D eigenvalue weighted by molar-refractivity contribution is 5.50. The van der Waals surface area contributed by atoms with Crippen molar-refractivity contribution in [2.45, 2.75) is 52.1 Å². The van der Waals surface area contributed by atoms with Crippen LogP contribution in [0.1, 0.15) is 51.6 Å². The summed E-state index contributed by atoms with van der Waals surface area (Å²) < 4.78 is 0. The number of anilines is 1. The van der Waals surface area contributed by atoms with Crippen LogP contribution in [0.2, 0.25) is 0 Å². The molecule has 1 heterocycles. The second-order valence-corrected chi connectivity index (χ2v) is 5.11. The number of nitrogens with zero attached hydrogens (tertiary/aromatic N) is 2. The van der Waals surface area contributed by atoms with Crippen molar-refractivity contribution in [1.29, 1.82) is 0 Å². The quantitative estimate of drug-likeness (QED) is 0.802. The van der Waals surface area contributed by atoms with Crippen molar-refractivity contribution in [1.82, 2.24) is 10.3 Å². The van der Waals surface area contributed by atoms with Crippen LogP contribution in [0.15, 0.2) is 18.3 Å². The summed E-state index contributed by atoms with van der Waals surface area (Å²) in [6.07, 6.45) is 5.72. The molecule has 3 heteroatoms. The first kappa shape index (κ1) is 13.3. The summed E-state index contributed by atoms with van der Waals surface area (Å²) in [5.41, 5.74) is 1.33. The lowest BCUT2D eigenvalue weighted by Crippen LogP contribution is -2.29. The fourth-order valence-electron chi connectivity index (χ4n) is 2.43. The van der Waals surface area contributed by atoms with E-state index in [-0.39, 0.29) is 0 Å². The van der Waals surface area contributed by atoms with E-state index in [1.54, 1.807) is 0 Å². The molecule has 1 atom stereocenters. The van der Waals surface area contributed by atoms with Gasteiger partial charge in [-0.3, -0.25) is 0 Å². The van der Waals surface area contributed by atoms with Gasteiger partial charge in [0.15, 0.2) is 0 Å². The molecule has 0 saturated heterocycles. The Balaban J connectivity index is 2.18. The predicted molar refractivity (Wildman–Crippen MR) is 77.0 cm³/mol. The molecule has 0 aromatic carbocycles. The fourth-order valence-corrected chi connectivity index (χ4v) is 2.43. The Morgan fingerprint density at radius 2 is 2.22 bits per heavy atom. The highest BCUT2D eigenvalue weighted by Crippen LogP contribution is 2.33. The topological polar surface area (TPSA) is 28.2 Å². The predicted octanol–water partition coefficient (Wildman–Crippen LogP) is 3.13. The number of rotatable bonds is 7. The number of hydrogen-bond acceptors (Lipinski definition) is 3. The van der Waals surface area contributed by atoms with Gasteiger partial charge in [-0.05, 0) is 45.7 Å². The summed E-state index contributed by atoms with van der Waals surface area (Å²) in [4.78, 5) is 7.08. The van der Waals surface area contributed by atoms with Gasteiger partial charge in [0.1, 0.15) is 5.82 Å². The highest BCUT2D eigenvalue weighted by atomic mass is 15.2. The molecular weight excluding hydrogens is 222 g/mol. The van der Waals surface area contributed by atoms with Gasteiger partial charge in [-0.15, -0.1) is 0 Å². The Morgan fingerprint density at radius 3 is 2.83 bits per heavy atom. The summed E-state index contributed by atoms with van der Waals surface area (Å²) in [6.45, 7) is 8.77. The summed E-state index contributed by atoms with van der Waals surface area (Å²) in [5.74, 6) is 1.18. The Kier molecular flexibility index (Phi) is 4.59. The number of aromatic nitrogens is 1. The van der Waals surface area contributed by atoms with Crippen LogP contribution in [0.25, 0.3) is 0 Å². The number of nitrogens with one attached hydrogen (secondary N) is 1. The minimum Gasteiger partial charge on any atom is -0.354 e. The van der Waals surface area contributed by atoms with Crippen LogP contribution >= 0.6 is 0 Å². The van der Waals surface area contributed by atoms with Gasteiger partial charge < -0.3 is 10.2 Å². The minimum absolute atomic E-state index is 0.376. The van der Waals surface area contributed by atoms with Gasteiger partial charge in [0.2, 0.25) is 0 Å². The Hall–Kier alpha value is -1.09. The SMILES string of the molecule is CCCNC(C)c1cccnc1N(CC)C1CC1. The normalized spacial score (nSPS) is 16.6. The third kappa shape index (κ3) is 3.02. The molecule has 1 aromatic rings. The molecular formula is C15H25N3. The van der Waals surface area contributed by atoms with Crippen molar-refractivity contribution in [3.05, 3.63) is 23.9 Å². The third-order valence-electron chi connectivity index (χ3n) is 3.58. The second-order valence-electron chi connectivity index (χ2n) is 5.11. The van der Waals surface area contributed by atoms with Crippen LogP contribution in [-0.4, -0.2) is 24.1 Å². The van der Waals surface area contributed by atoms with E-state index in [0.717, 1.165) is 19.1 Å². The molecule has 1 N–H and O–H groups in total. The molecule has 0 spiro atoms. The monoisotopic (exact) mass is 247 g/mol. The second kappa shape index (κ2) is 6.19. The van der Waals surface area contributed by atoms with E-state index >= 15 is 0 Å². The maximum absolute atomic E-state index is 4.63. The molecule has 18 heavy (non-hydrogen) atoms. The zero-order valence-electron chi connectivity index (χ0n) is 11.8. The van der Waals surface area contributed by atoms with Crippen molar-refractivity contribution in [2.24, 2.45) is 0 Å². The molecule has 2 rings (SSSR count). The molecule has 0 amide bonds. The summed E-state index contributed by atoms with van der Waals surface area (Å²) in [5, 5.41) is 3.56. The smallest absolute Gasteiger partial charge is 0.133 e. The van der Waals surface area contributed by atoms with E-state index in [1.807, 2.05) is 12.3 Å². The first-order chi connectivity index (χ1) is 8.77. The summed E-state index contributed by atoms with van der Waals surface area (Å²) in [6, 6.07) is 5.35. The average Bonchev–Trinajstić information content (AvgIpc) is 3.22. The number of hydrogen-bond donors (Lipinski definition) is 1.